The Bertz CT molecular complexity index is 482. The maximum absolute atomic E-state index is 12.9. The van der Waals surface area contributed by atoms with Gasteiger partial charge in [0.15, 0.2) is 0 Å². The van der Waals surface area contributed by atoms with Crippen LogP contribution in [0.1, 0.15) is 5.56 Å². The van der Waals surface area contributed by atoms with Crippen molar-refractivity contribution in [2.24, 2.45) is 0 Å². The molecule has 2 rings (SSSR count). The monoisotopic (exact) mass is 231 g/mol. The lowest BCUT2D eigenvalue weighted by atomic mass is 10.1. The zero-order chi connectivity index (χ0) is 12.1. The maximum atomic E-state index is 12.9. The van der Waals surface area contributed by atoms with Crippen molar-refractivity contribution in [3.63, 3.8) is 0 Å². The number of ether oxygens (including phenoxy) is 1. The zero-order valence-electron chi connectivity index (χ0n) is 9.40. The third-order valence-electron chi connectivity index (χ3n) is 2.43. The van der Waals surface area contributed by atoms with Crippen LogP contribution in [0.15, 0.2) is 48.5 Å². The number of nitrogen functional groups attached to an aromatic ring is 1. The number of nitrogens with two attached hydrogens (primary N) is 1. The summed E-state index contributed by atoms with van der Waals surface area (Å²) in [5.41, 5.74) is 7.21. The summed E-state index contributed by atoms with van der Waals surface area (Å²) in [6, 6.07) is 13.8. The minimum Gasteiger partial charge on any atom is -0.493 e. The Hall–Kier alpha value is -2.03. The lowest BCUT2D eigenvalue weighted by Crippen LogP contribution is -2.01. The van der Waals surface area contributed by atoms with Crippen LogP contribution >= 0.6 is 0 Å². The summed E-state index contributed by atoms with van der Waals surface area (Å²) in [7, 11) is 0. The third kappa shape index (κ3) is 3.48. The first-order valence-electron chi connectivity index (χ1n) is 5.47. The fraction of sp³-hybridized carbons (Fsp3) is 0.143. The van der Waals surface area contributed by atoms with E-state index in [0.717, 1.165) is 11.3 Å². The van der Waals surface area contributed by atoms with Crippen LogP contribution in [0.3, 0.4) is 0 Å². The van der Waals surface area contributed by atoms with Gasteiger partial charge in [-0.1, -0.05) is 12.1 Å². The second kappa shape index (κ2) is 5.34. The maximum Gasteiger partial charge on any atom is 0.123 e. The number of benzene rings is 2. The van der Waals surface area contributed by atoms with Gasteiger partial charge in [0.2, 0.25) is 0 Å². The molecule has 88 valence electrons. The van der Waals surface area contributed by atoms with Gasteiger partial charge in [0.25, 0.3) is 0 Å². The van der Waals surface area contributed by atoms with Crippen molar-refractivity contribution in [1.29, 1.82) is 0 Å². The van der Waals surface area contributed by atoms with Gasteiger partial charge in [0.05, 0.1) is 6.61 Å². The Morgan fingerprint density at radius 2 is 1.82 bits per heavy atom. The SMILES string of the molecule is Nc1ccc(OCCc2cccc(F)c2)cc1. The van der Waals surface area contributed by atoms with Gasteiger partial charge in [0, 0.05) is 12.1 Å². The van der Waals surface area contributed by atoms with Gasteiger partial charge >= 0.3 is 0 Å². The Kier molecular flexibility index (Phi) is 3.60. The Balaban J connectivity index is 1.85. The molecule has 2 N–H and O–H groups in total. The molecule has 0 radical (unpaired) electrons. The summed E-state index contributed by atoms with van der Waals surface area (Å²) >= 11 is 0. The van der Waals surface area contributed by atoms with E-state index in [9.17, 15) is 4.39 Å². The van der Waals surface area contributed by atoms with E-state index < -0.39 is 0 Å². The molecule has 0 saturated carbocycles. The molecule has 2 nitrogen and oxygen atoms in total. The molecular weight excluding hydrogens is 217 g/mol. The topological polar surface area (TPSA) is 35.2 Å². The second-order valence-corrected chi connectivity index (χ2v) is 3.80. The van der Waals surface area contributed by atoms with Crippen LogP contribution in [0.2, 0.25) is 0 Å². The first-order chi connectivity index (χ1) is 8.24. The molecule has 17 heavy (non-hydrogen) atoms. The van der Waals surface area contributed by atoms with Crippen LogP contribution in [-0.4, -0.2) is 6.61 Å². The van der Waals surface area contributed by atoms with Crippen LogP contribution in [0.25, 0.3) is 0 Å². The van der Waals surface area contributed by atoms with Crippen molar-refractivity contribution >= 4 is 5.69 Å². The Morgan fingerprint density at radius 3 is 2.53 bits per heavy atom. The second-order valence-electron chi connectivity index (χ2n) is 3.80. The zero-order valence-corrected chi connectivity index (χ0v) is 9.40. The minimum absolute atomic E-state index is 0.213. The van der Waals surface area contributed by atoms with Crippen LogP contribution in [0.4, 0.5) is 10.1 Å². The summed E-state index contributed by atoms with van der Waals surface area (Å²) < 4.78 is 18.4. The predicted octanol–water partition coefficient (Wildman–Crippen LogP) is 3.03. The largest absolute Gasteiger partial charge is 0.493 e. The van der Waals surface area contributed by atoms with E-state index in [-0.39, 0.29) is 5.82 Å². The first-order valence-corrected chi connectivity index (χ1v) is 5.47. The van der Waals surface area contributed by atoms with E-state index >= 15 is 0 Å². The number of hydrogen-bond donors (Lipinski definition) is 1. The molecule has 2 aromatic carbocycles. The normalized spacial score (nSPS) is 10.2. The first kappa shape index (κ1) is 11.5. The summed E-state index contributed by atoms with van der Waals surface area (Å²) in [4.78, 5) is 0. The molecule has 0 bridgehead atoms. The number of anilines is 1. The lowest BCUT2D eigenvalue weighted by Gasteiger charge is -2.06. The molecule has 0 heterocycles. The molecule has 0 aliphatic rings. The molecule has 0 atom stereocenters. The third-order valence-corrected chi connectivity index (χ3v) is 2.43. The van der Waals surface area contributed by atoms with Crippen LogP contribution < -0.4 is 10.5 Å². The molecule has 0 aromatic heterocycles. The summed E-state index contributed by atoms with van der Waals surface area (Å²) in [5.74, 6) is 0.561. The Labute approximate surface area is 99.8 Å². The van der Waals surface area contributed by atoms with Gasteiger partial charge in [-0.25, -0.2) is 4.39 Å². The smallest absolute Gasteiger partial charge is 0.123 e. The van der Waals surface area contributed by atoms with Crippen LogP contribution in [-0.2, 0) is 6.42 Å². The minimum atomic E-state index is -0.213. The molecule has 3 heteroatoms. The number of hydrogen-bond acceptors (Lipinski definition) is 2. The average molecular weight is 231 g/mol. The lowest BCUT2D eigenvalue weighted by molar-refractivity contribution is 0.322. The van der Waals surface area contributed by atoms with E-state index in [2.05, 4.69) is 0 Å². The highest BCUT2D eigenvalue weighted by atomic mass is 19.1. The highest BCUT2D eigenvalue weighted by molar-refractivity contribution is 5.41. The van der Waals surface area contributed by atoms with Crippen LogP contribution in [0, 0.1) is 5.82 Å². The molecule has 0 aliphatic carbocycles. The predicted molar refractivity (Wildman–Crippen MR) is 66.5 cm³/mol. The van der Waals surface area contributed by atoms with Crippen molar-refractivity contribution in [1.82, 2.24) is 0 Å². The molecule has 2 aromatic rings. The number of halogens is 1. The van der Waals surface area contributed by atoms with E-state index in [4.69, 9.17) is 10.5 Å². The van der Waals surface area contributed by atoms with Crippen molar-refractivity contribution in [3.8, 4) is 5.75 Å². The Morgan fingerprint density at radius 1 is 1.06 bits per heavy atom. The van der Waals surface area contributed by atoms with Crippen molar-refractivity contribution < 1.29 is 9.13 Å². The highest BCUT2D eigenvalue weighted by Gasteiger charge is 1.97. The van der Waals surface area contributed by atoms with E-state index in [1.165, 1.54) is 12.1 Å². The van der Waals surface area contributed by atoms with Gasteiger partial charge < -0.3 is 10.5 Å². The van der Waals surface area contributed by atoms with Gasteiger partial charge in [-0.15, -0.1) is 0 Å². The molecule has 0 aliphatic heterocycles. The summed E-state index contributed by atoms with van der Waals surface area (Å²) in [6.45, 7) is 0.521. The fourth-order valence-electron chi connectivity index (χ4n) is 1.54. The standard InChI is InChI=1S/C14H14FNO/c15-12-3-1-2-11(10-12)8-9-17-14-6-4-13(16)5-7-14/h1-7,10H,8-9,16H2. The van der Waals surface area contributed by atoms with E-state index in [1.54, 1.807) is 18.2 Å². The van der Waals surface area contributed by atoms with E-state index in [1.807, 2.05) is 18.2 Å². The van der Waals surface area contributed by atoms with Crippen molar-refractivity contribution in [2.75, 3.05) is 12.3 Å². The van der Waals surface area contributed by atoms with Crippen molar-refractivity contribution in [2.45, 2.75) is 6.42 Å². The summed E-state index contributed by atoms with van der Waals surface area (Å²) in [6.07, 6.45) is 0.683. The van der Waals surface area contributed by atoms with Crippen LogP contribution in [0.5, 0.6) is 5.75 Å². The summed E-state index contributed by atoms with van der Waals surface area (Å²) in [5, 5.41) is 0. The average Bonchev–Trinajstić information content (AvgIpc) is 2.32. The van der Waals surface area contributed by atoms with Gasteiger partial charge in [-0.3, -0.25) is 0 Å². The molecule has 0 amide bonds. The number of rotatable bonds is 4. The fourth-order valence-corrected chi connectivity index (χ4v) is 1.54. The van der Waals surface area contributed by atoms with Gasteiger partial charge in [0.1, 0.15) is 11.6 Å². The van der Waals surface area contributed by atoms with Crippen molar-refractivity contribution in [3.05, 3.63) is 59.9 Å². The van der Waals surface area contributed by atoms with E-state index in [0.29, 0.717) is 18.7 Å². The molecule has 0 saturated heterocycles. The molecule has 0 spiro atoms. The highest BCUT2D eigenvalue weighted by Crippen LogP contribution is 2.13. The van der Waals surface area contributed by atoms with Gasteiger partial charge in [-0.05, 0) is 42.0 Å². The molecule has 0 unspecified atom stereocenters. The molecular formula is C14H14FNO. The van der Waals surface area contributed by atoms with Gasteiger partial charge in [-0.2, -0.15) is 0 Å². The quantitative estimate of drug-likeness (QED) is 0.821. The molecule has 0 fully saturated rings.